The predicted octanol–water partition coefficient (Wildman–Crippen LogP) is 4.19. The summed E-state index contributed by atoms with van der Waals surface area (Å²) in [5, 5.41) is -0.448. The number of nitrogens with zero attached hydrogens (tertiary/aromatic N) is 1. The summed E-state index contributed by atoms with van der Waals surface area (Å²) < 4.78 is 44.0. The summed E-state index contributed by atoms with van der Waals surface area (Å²) >= 11 is 0. The Balaban J connectivity index is 1.78. The maximum Gasteiger partial charge on any atom is 0.167 e. The fourth-order valence-electron chi connectivity index (χ4n) is 3.82. The lowest BCUT2D eigenvalue weighted by Gasteiger charge is -2.37. The third-order valence-corrected chi connectivity index (χ3v) is 7.69. The topological polar surface area (TPSA) is 63.7 Å². The molecule has 1 saturated heterocycles. The Morgan fingerprint density at radius 3 is 2.29 bits per heavy atom. The molecule has 2 aromatic rings. The number of carbonyl (C=O) groups excluding carboxylic acids is 1. The number of benzene rings is 2. The zero-order valence-corrected chi connectivity index (χ0v) is 19.3. The first-order valence-corrected chi connectivity index (χ1v) is 12.3. The number of ether oxygens (including phenoxy) is 1. The van der Waals surface area contributed by atoms with E-state index in [9.17, 15) is 17.6 Å². The lowest BCUT2D eigenvalue weighted by Crippen LogP contribution is -2.46. The van der Waals surface area contributed by atoms with Gasteiger partial charge in [-0.05, 0) is 51.0 Å². The normalized spacial score (nSPS) is 19.6. The van der Waals surface area contributed by atoms with Crippen LogP contribution in [0.1, 0.15) is 49.2 Å². The van der Waals surface area contributed by atoms with Crippen LogP contribution >= 0.6 is 0 Å². The second-order valence-electron chi connectivity index (χ2n) is 8.59. The molecule has 2 atom stereocenters. The van der Waals surface area contributed by atoms with E-state index < -0.39 is 15.1 Å². The van der Waals surface area contributed by atoms with Crippen LogP contribution in [0, 0.1) is 5.82 Å². The highest BCUT2D eigenvalue weighted by atomic mass is 32.2. The zero-order chi connectivity index (χ0) is 22.8. The molecule has 0 radical (unpaired) electrons. The number of ketones is 1. The number of hydrogen-bond donors (Lipinski definition) is 0. The monoisotopic (exact) mass is 447 g/mol. The molecule has 0 spiro atoms. The predicted molar refractivity (Wildman–Crippen MR) is 121 cm³/mol. The molecule has 1 aliphatic heterocycles. The van der Waals surface area contributed by atoms with Gasteiger partial charge in [-0.15, -0.1) is 0 Å². The number of carbonyl (C=O) groups is 1. The van der Waals surface area contributed by atoms with Crippen molar-refractivity contribution in [1.29, 1.82) is 0 Å². The maximum absolute atomic E-state index is 14.0. The highest BCUT2D eigenvalue weighted by Gasteiger charge is 2.25. The maximum atomic E-state index is 14.0. The van der Waals surface area contributed by atoms with Crippen molar-refractivity contribution in [2.24, 2.45) is 0 Å². The van der Waals surface area contributed by atoms with Gasteiger partial charge in [-0.3, -0.25) is 4.79 Å². The van der Waals surface area contributed by atoms with Crippen LogP contribution in [0.5, 0.6) is 0 Å². The minimum atomic E-state index is -3.20. The molecular weight excluding hydrogens is 417 g/mol. The Hall–Kier alpha value is -2.25. The average molecular weight is 448 g/mol. The van der Waals surface area contributed by atoms with Crippen LogP contribution in [0.15, 0.2) is 42.5 Å². The van der Waals surface area contributed by atoms with Crippen molar-refractivity contribution in [3.8, 4) is 0 Å². The fraction of sp³-hybridized carbons (Fsp3) is 0.458. The molecule has 168 valence electrons. The van der Waals surface area contributed by atoms with Gasteiger partial charge in [0.05, 0.1) is 23.2 Å². The van der Waals surface area contributed by atoms with Gasteiger partial charge in [0, 0.05) is 30.8 Å². The molecule has 0 amide bonds. The number of sulfone groups is 1. The number of hydrogen-bond acceptors (Lipinski definition) is 5. The zero-order valence-electron chi connectivity index (χ0n) is 18.5. The van der Waals surface area contributed by atoms with Crippen LogP contribution < -0.4 is 4.90 Å². The summed E-state index contributed by atoms with van der Waals surface area (Å²) in [6.45, 7) is 8.54. The van der Waals surface area contributed by atoms with Gasteiger partial charge in [0.15, 0.2) is 15.6 Å². The van der Waals surface area contributed by atoms with Crippen LogP contribution in [0.2, 0.25) is 0 Å². The average Bonchev–Trinajstić information content (AvgIpc) is 2.68. The number of Topliss-reactive ketones (excluding diaryl/α,β-unsaturated/α-hetero) is 1. The smallest absolute Gasteiger partial charge is 0.167 e. The Morgan fingerprint density at radius 2 is 1.71 bits per heavy atom. The standard InChI is InChI=1S/C24H30FNO4S/c1-16(2)31(28,29)15-19-5-7-20(8-6-19)24(27)11-21-9-10-22(25)12-23(21)26-13-17(3)30-18(4)14-26/h5-10,12,16-18H,11,13-15H2,1-4H3/t17-,18+. The molecule has 0 aliphatic carbocycles. The first-order chi connectivity index (χ1) is 14.5. The van der Waals surface area contributed by atoms with Crippen molar-refractivity contribution >= 4 is 21.3 Å². The van der Waals surface area contributed by atoms with E-state index in [2.05, 4.69) is 4.90 Å². The molecule has 1 aliphatic rings. The van der Waals surface area contributed by atoms with Crippen molar-refractivity contribution in [2.75, 3.05) is 18.0 Å². The van der Waals surface area contributed by atoms with E-state index in [4.69, 9.17) is 4.74 Å². The van der Waals surface area contributed by atoms with Gasteiger partial charge >= 0.3 is 0 Å². The van der Waals surface area contributed by atoms with E-state index in [1.54, 1.807) is 44.2 Å². The molecule has 0 unspecified atom stereocenters. The van der Waals surface area contributed by atoms with Crippen molar-refractivity contribution in [1.82, 2.24) is 0 Å². The first kappa shape index (κ1) is 23.4. The van der Waals surface area contributed by atoms with Crippen LogP contribution in [-0.2, 0) is 26.7 Å². The second-order valence-corrected chi connectivity index (χ2v) is 11.1. The number of anilines is 1. The molecule has 5 nitrogen and oxygen atoms in total. The van der Waals surface area contributed by atoms with E-state index >= 15 is 0 Å². The van der Waals surface area contributed by atoms with Crippen molar-refractivity contribution < 1.29 is 22.3 Å². The quantitative estimate of drug-likeness (QED) is 0.596. The van der Waals surface area contributed by atoms with E-state index in [1.807, 2.05) is 13.8 Å². The summed E-state index contributed by atoms with van der Waals surface area (Å²) in [6.07, 6.45) is 0.176. The Bertz CT molecular complexity index is 1020. The Kier molecular flexibility index (Phi) is 7.17. The third kappa shape index (κ3) is 5.92. The van der Waals surface area contributed by atoms with Crippen molar-refractivity contribution in [3.63, 3.8) is 0 Å². The summed E-state index contributed by atoms with van der Waals surface area (Å²) in [6, 6.07) is 11.2. The van der Waals surface area contributed by atoms with Gasteiger partial charge in [-0.25, -0.2) is 12.8 Å². The molecule has 0 bridgehead atoms. The van der Waals surface area contributed by atoms with Gasteiger partial charge in [-0.2, -0.15) is 0 Å². The van der Waals surface area contributed by atoms with Gasteiger partial charge in [-0.1, -0.05) is 30.3 Å². The van der Waals surface area contributed by atoms with Crippen molar-refractivity contribution in [3.05, 3.63) is 65.0 Å². The SMILES string of the molecule is CC(C)S(=O)(=O)Cc1ccc(C(=O)Cc2ccc(F)cc2N2C[C@@H](C)O[C@@H](C)C2)cc1. The summed E-state index contributed by atoms with van der Waals surface area (Å²) in [4.78, 5) is 15.0. The molecule has 7 heteroatoms. The molecule has 31 heavy (non-hydrogen) atoms. The van der Waals surface area contributed by atoms with E-state index in [1.165, 1.54) is 12.1 Å². The second kappa shape index (κ2) is 9.49. The minimum absolute atomic E-state index is 0.0187. The highest BCUT2D eigenvalue weighted by Crippen LogP contribution is 2.27. The lowest BCUT2D eigenvalue weighted by molar-refractivity contribution is -0.00527. The van der Waals surface area contributed by atoms with Gasteiger partial charge in [0.1, 0.15) is 5.82 Å². The molecule has 2 aromatic carbocycles. The van der Waals surface area contributed by atoms with E-state index in [0.717, 1.165) is 11.3 Å². The molecule has 3 rings (SSSR count). The molecule has 1 heterocycles. The molecule has 1 fully saturated rings. The summed E-state index contributed by atoms with van der Waals surface area (Å²) in [5.74, 6) is -0.483. The highest BCUT2D eigenvalue weighted by molar-refractivity contribution is 7.91. The minimum Gasteiger partial charge on any atom is -0.372 e. The number of morpholine rings is 1. The van der Waals surface area contributed by atoms with Crippen molar-refractivity contribution in [2.45, 2.75) is 57.3 Å². The summed E-state index contributed by atoms with van der Waals surface area (Å²) in [7, 11) is -3.20. The van der Waals surface area contributed by atoms with E-state index in [-0.39, 0.29) is 36.0 Å². The number of halogens is 1. The van der Waals surface area contributed by atoms with Gasteiger partial charge in [0.2, 0.25) is 0 Å². The lowest BCUT2D eigenvalue weighted by atomic mass is 9.99. The van der Waals surface area contributed by atoms with Crippen LogP contribution in [0.4, 0.5) is 10.1 Å². The molecule has 0 N–H and O–H groups in total. The van der Waals surface area contributed by atoms with Gasteiger partial charge in [0.25, 0.3) is 0 Å². The largest absolute Gasteiger partial charge is 0.372 e. The summed E-state index contributed by atoms with van der Waals surface area (Å²) in [5.41, 5.74) is 2.64. The third-order valence-electron chi connectivity index (χ3n) is 5.52. The Morgan fingerprint density at radius 1 is 1.10 bits per heavy atom. The Labute approximate surface area is 184 Å². The fourth-order valence-corrected chi connectivity index (χ4v) is 4.81. The molecular formula is C24H30FNO4S. The van der Waals surface area contributed by atoms with Crippen LogP contribution in [0.25, 0.3) is 0 Å². The molecule has 0 aromatic heterocycles. The van der Waals surface area contributed by atoms with Gasteiger partial charge < -0.3 is 9.64 Å². The molecule has 0 saturated carbocycles. The first-order valence-electron chi connectivity index (χ1n) is 10.6. The van der Waals surface area contributed by atoms with E-state index in [0.29, 0.717) is 24.2 Å². The van der Waals surface area contributed by atoms with Crippen LogP contribution in [-0.4, -0.2) is 44.7 Å². The van der Waals surface area contributed by atoms with Crippen LogP contribution in [0.3, 0.4) is 0 Å². The number of rotatable bonds is 7.